The van der Waals surface area contributed by atoms with Gasteiger partial charge in [0.25, 0.3) is 11.8 Å². The van der Waals surface area contributed by atoms with Crippen LogP contribution in [-0.2, 0) is 4.79 Å². The highest BCUT2D eigenvalue weighted by Gasteiger charge is 2.31. The molecular weight excluding hydrogens is 420 g/mol. The van der Waals surface area contributed by atoms with E-state index in [1.165, 1.54) is 12.5 Å². The van der Waals surface area contributed by atoms with Gasteiger partial charge in [-0.1, -0.05) is 0 Å². The summed E-state index contributed by atoms with van der Waals surface area (Å²) in [5.41, 5.74) is 1.10. The van der Waals surface area contributed by atoms with Crippen LogP contribution < -0.4 is 10.6 Å². The van der Waals surface area contributed by atoms with Crippen LogP contribution in [0.5, 0.6) is 0 Å². The molecule has 0 aliphatic heterocycles. The van der Waals surface area contributed by atoms with E-state index >= 15 is 0 Å². The molecule has 1 aliphatic carbocycles. The number of nitrogens with zero attached hydrogens (tertiary/aromatic N) is 6. The summed E-state index contributed by atoms with van der Waals surface area (Å²) >= 11 is 0. The molecule has 1 unspecified atom stereocenters. The minimum absolute atomic E-state index is 0.0412. The Labute approximate surface area is 193 Å². The molecule has 2 N–H and O–H groups in total. The molecule has 3 rings (SSSR count). The lowest BCUT2D eigenvalue weighted by Crippen LogP contribution is -2.40. The molecule has 2 aromatic heterocycles. The maximum absolute atomic E-state index is 13.5. The molecule has 174 valence electrons. The molecule has 1 aliphatic rings. The van der Waals surface area contributed by atoms with Crippen LogP contribution in [0.2, 0.25) is 0 Å². The first-order valence-corrected chi connectivity index (χ1v) is 10.9. The largest absolute Gasteiger partial charge is 0.361 e. The average molecular weight is 451 g/mol. The number of aromatic nitrogens is 3. The van der Waals surface area contributed by atoms with Gasteiger partial charge in [0.15, 0.2) is 17.2 Å². The lowest BCUT2D eigenvalue weighted by molar-refractivity contribution is -0.110. The number of nitrogens with one attached hydrogen (secondary N) is 2. The molecule has 1 saturated carbocycles. The van der Waals surface area contributed by atoms with Gasteiger partial charge in [0.05, 0.1) is 24.1 Å². The van der Waals surface area contributed by atoms with Crippen molar-refractivity contribution in [1.82, 2.24) is 25.2 Å². The van der Waals surface area contributed by atoms with Crippen molar-refractivity contribution in [2.75, 3.05) is 19.4 Å². The Balaban J connectivity index is 1.98. The van der Waals surface area contributed by atoms with E-state index in [0.29, 0.717) is 23.1 Å². The fourth-order valence-electron chi connectivity index (χ4n) is 3.14. The Morgan fingerprint density at radius 3 is 2.45 bits per heavy atom. The number of rotatable bonds is 8. The number of pyridine rings is 1. The van der Waals surface area contributed by atoms with Gasteiger partial charge in [-0.3, -0.25) is 14.6 Å². The molecule has 0 aromatic carbocycles. The number of carbonyl (C=O) groups excluding carboxylic acids is 2. The van der Waals surface area contributed by atoms with E-state index in [1.54, 1.807) is 43.5 Å². The predicted molar refractivity (Wildman–Crippen MR) is 128 cm³/mol. The summed E-state index contributed by atoms with van der Waals surface area (Å²) in [6.45, 7) is 5.71. The van der Waals surface area contributed by atoms with Crippen LogP contribution in [0, 0.1) is 5.92 Å². The SMILES string of the molecule is CC(C)NC(=O)c1ncccc1NC(=O)C(=NC(C)C1CC1)C(=Nc1cncnc1)N(C)C. The Bertz CT molecular complexity index is 1050. The fourth-order valence-corrected chi connectivity index (χ4v) is 3.14. The number of amidine groups is 1. The number of aliphatic imine (C=N–C) groups is 2. The lowest BCUT2D eigenvalue weighted by atomic mass is 10.2. The van der Waals surface area contributed by atoms with Crippen LogP contribution in [-0.4, -0.2) is 69.4 Å². The van der Waals surface area contributed by atoms with Gasteiger partial charge in [-0.05, 0) is 51.7 Å². The molecule has 10 nitrogen and oxygen atoms in total. The average Bonchev–Trinajstić information content (AvgIpc) is 3.62. The van der Waals surface area contributed by atoms with E-state index in [2.05, 4.69) is 30.6 Å². The third-order valence-corrected chi connectivity index (χ3v) is 4.96. The molecule has 0 radical (unpaired) electrons. The number of hydrogen-bond acceptors (Lipinski definition) is 7. The van der Waals surface area contributed by atoms with Crippen LogP contribution in [0.25, 0.3) is 0 Å². The first kappa shape index (κ1) is 24.0. The van der Waals surface area contributed by atoms with E-state index in [1.807, 2.05) is 20.8 Å². The van der Waals surface area contributed by atoms with Crippen molar-refractivity contribution < 1.29 is 9.59 Å². The molecule has 0 bridgehead atoms. The van der Waals surface area contributed by atoms with Gasteiger partial charge < -0.3 is 15.5 Å². The van der Waals surface area contributed by atoms with Crippen molar-refractivity contribution in [2.24, 2.45) is 15.9 Å². The zero-order chi connectivity index (χ0) is 24.0. The molecule has 0 spiro atoms. The predicted octanol–water partition coefficient (Wildman–Crippen LogP) is 2.48. The van der Waals surface area contributed by atoms with Crippen molar-refractivity contribution in [3.8, 4) is 0 Å². The van der Waals surface area contributed by atoms with Crippen molar-refractivity contribution in [1.29, 1.82) is 0 Å². The minimum atomic E-state index is -0.474. The topological polar surface area (TPSA) is 125 Å². The van der Waals surface area contributed by atoms with Gasteiger partial charge >= 0.3 is 0 Å². The van der Waals surface area contributed by atoms with E-state index in [4.69, 9.17) is 4.99 Å². The van der Waals surface area contributed by atoms with E-state index in [-0.39, 0.29) is 29.4 Å². The molecule has 2 heterocycles. The van der Waals surface area contributed by atoms with Crippen molar-refractivity contribution in [3.63, 3.8) is 0 Å². The third kappa shape index (κ3) is 6.64. The number of anilines is 1. The summed E-state index contributed by atoms with van der Waals surface area (Å²) in [7, 11) is 3.58. The van der Waals surface area contributed by atoms with E-state index in [0.717, 1.165) is 12.8 Å². The zero-order valence-electron chi connectivity index (χ0n) is 19.6. The molecule has 33 heavy (non-hydrogen) atoms. The number of carbonyl (C=O) groups is 2. The summed E-state index contributed by atoms with van der Waals surface area (Å²) in [4.78, 5) is 49.3. The summed E-state index contributed by atoms with van der Waals surface area (Å²) in [6, 6.07) is 3.19. The maximum atomic E-state index is 13.5. The Hall–Kier alpha value is -3.69. The Morgan fingerprint density at radius 2 is 1.85 bits per heavy atom. The number of amides is 2. The van der Waals surface area contributed by atoms with Gasteiger partial charge in [-0.15, -0.1) is 0 Å². The quantitative estimate of drug-likeness (QED) is 0.470. The van der Waals surface area contributed by atoms with E-state index < -0.39 is 5.91 Å². The van der Waals surface area contributed by atoms with Crippen LogP contribution in [0.15, 0.2) is 47.0 Å². The van der Waals surface area contributed by atoms with Gasteiger partial charge in [0.1, 0.15) is 12.0 Å². The first-order chi connectivity index (χ1) is 15.8. The molecule has 1 atom stereocenters. The van der Waals surface area contributed by atoms with Gasteiger partial charge in [-0.2, -0.15) is 0 Å². The van der Waals surface area contributed by atoms with Crippen LogP contribution in [0.1, 0.15) is 44.1 Å². The zero-order valence-corrected chi connectivity index (χ0v) is 19.6. The van der Waals surface area contributed by atoms with Crippen molar-refractivity contribution in [3.05, 3.63) is 42.7 Å². The molecule has 2 aromatic rings. The number of hydrogen-bond donors (Lipinski definition) is 2. The lowest BCUT2D eigenvalue weighted by Gasteiger charge is -2.19. The molecular formula is C23H30N8O2. The Kier molecular flexibility index (Phi) is 7.81. The van der Waals surface area contributed by atoms with Crippen LogP contribution in [0.3, 0.4) is 0 Å². The first-order valence-electron chi connectivity index (χ1n) is 10.9. The van der Waals surface area contributed by atoms with Crippen molar-refractivity contribution in [2.45, 2.75) is 45.7 Å². The van der Waals surface area contributed by atoms with Crippen LogP contribution >= 0.6 is 0 Å². The smallest absolute Gasteiger partial charge is 0.277 e. The third-order valence-electron chi connectivity index (χ3n) is 4.96. The highest BCUT2D eigenvalue weighted by molar-refractivity contribution is 6.68. The molecule has 10 heteroatoms. The summed E-state index contributed by atoms with van der Waals surface area (Å²) in [5.74, 6) is -0.0269. The van der Waals surface area contributed by atoms with Gasteiger partial charge in [-0.25, -0.2) is 19.9 Å². The fraction of sp³-hybridized carbons (Fsp3) is 0.435. The van der Waals surface area contributed by atoms with E-state index in [9.17, 15) is 9.59 Å². The minimum Gasteiger partial charge on any atom is -0.361 e. The second-order valence-corrected chi connectivity index (χ2v) is 8.46. The molecule has 0 saturated heterocycles. The Morgan fingerprint density at radius 1 is 1.15 bits per heavy atom. The highest BCUT2D eigenvalue weighted by Crippen LogP contribution is 2.34. The summed E-state index contributed by atoms with van der Waals surface area (Å²) < 4.78 is 0. The monoisotopic (exact) mass is 450 g/mol. The standard InChI is InChI=1S/C23H30N8O2/c1-14(2)27-22(32)19-18(7-6-10-26-19)30-23(33)20(28-15(3)16-8-9-16)21(31(4)5)29-17-11-24-13-25-12-17/h6-7,10-16H,8-9H2,1-5H3,(H,27,32)(H,30,33). The summed E-state index contributed by atoms with van der Waals surface area (Å²) in [5, 5.41) is 5.62. The van der Waals surface area contributed by atoms with Crippen LogP contribution in [0.4, 0.5) is 11.4 Å². The maximum Gasteiger partial charge on any atom is 0.277 e. The second-order valence-electron chi connectivity index (χ2n) is 8.46. The second kappa shape index (κ2) is 10.8. The molecule has 2 amide bonds. The van der Waals surface area contributed by atoms with Gasteiger partial charge in [0.2, 0.25) is 0 Å². The normalized spacial score (nSPS) is 15.2. The summed E-state index contributed by atoms with van der Waals surface area (Å²) in [6.07, 6.45) is 8.22. The van der Waals surface area contributed by atoms with Crippen molar-refractivity contribution >= 4 is 34.7 Å². The van der Waals surface area contributed by atoms with Gasteiger partial charge in [0, 0.05) is 26.3 Å². The highest BCUT2D eigenvalue weighted by atomic mass is 16.2. The molecule has 1 fully saturated rings.